The average Bonchev–Trinajstić information content (AvgIpc) is 2.75. The summed E-state index contributed by atoms with van der Waals surface area (Å²) in [6.45, 7) is 4.05. The van der Waals surface area contributed by atoms with Crippen LogP contribution in [0.3, 0.4) is 0 Å². The molecule has 6 nitrogen and oxygen atoms in total. The highest BCUT2D eigenvalue weighted by atomic mass is 16.2. The van der Waals surface area contributed by atoms with Crippen molar-refractivity contribution < 1.29 is 14.4 Å². The van der Waals surface area contributed by atoms with Crippen LogP contribution in [0, 0.1) is 19.8 Å². The number of hydrogen-bond acceptors (Lipinski definition) is 3. The van der Waals surface area contributed by atoms with Crippen LogP contribution in [0.4, 0.5) is 10.5 Å². The maximum atomic E-state index is 13.4. The number of rotatable bonds is 4. The van der Waals surface area contributed by atoms with E-state index in [-0.39, 0.29) is 42.4 Å². The maximum Gasteiger partial charge on any atom is 0.327 e. The molecule has 1 aromatic rings. The molecule has 0 bridgehead atoms. The number of carbonyl (C=O) groups excluding carboxylic acids is 3. The zero-order valence-corrected chi connectivity index (χ0v) is 18.2. The van der Waals surface area contributed by atoms with Gasteiger partial charge in [-0.3, -0.25) is 14.5 Å². The second-order valence-electron chi connectivity index (χ2n) is 9.22. The Hall–Kier alpha value is -2.37. The van der Waals surface area contributed by atoms with E-state index in [1.807, 2.05) is 32.0 Å². The molecule has 1 N–H and O–H groups in total. The van der Waals surface area contributed by atoms with Crippen LogP contribution >= 0.6 is 0 Å². The molecule has 0 aromatic heterocycles. The summed E-state index contributed by atoms with van der Waals surface area (Å²) < 4.78 is 0. The smallest absolute Gasteiger partial charge is 0.325 e. The Morgan fingerprint density at radius 1 is 0.967 bits per heavy atom. The van der Waals surface area contributed by atoms with Crippen molar-refractivity contribution in [1.82, 2.24) is 9.80 Å². The molecule has 2 saturated carbocycles. The SMILES string of the molecule is Cc1ccc(NC(=O)CN2C(=O)N(C3CCCCC3)C(=O)C3CCCCC32)cc1C. The zero-order chi connectivity index (χ0) is 21.3. The van der Waals surface area contributed by atoms with Crippen molar-refractivity contribution in [3.8, 4) is 0 Å². The van der Waals surface area contributed by atoms with Gasteiger partial charge < -0.3 is 10.2 Å². The summed E-state index contributed by atoms with van der Waals surface area (Å²) in [5.74, 6) is -0.357. The fraction of sp³-hybridized carbons (Fsp3) is 0.625. The second-order valence-corrected chi connectivity index (χ2v) is 9.22. The number of urea groups is 1. The molecule has 6 heteroatoms. The molecule has 1 saturated heterocycles. The predicted octanol–water partition coefficient (Wildman–Crippen LogP) is 4.40. The highest BCUT2D eigenvalue weighted by Crippen LogP contribution is 2.37. The first-order valence-electron chi connectivity index (χ1n) is 11.5. The van der Waals surface area contributed by atoms with Crippen molar-refractivity contribution >= 4 is 23.5 Å². The molecule has 0 spiro atoms. The third kappa shape index (κ3) is 4.09. The number of nitrogens with one attached hydrogen (secondary N) is 1. The second kappa shape index (κ2) is 8.78. The number of imide groups is 1. The third-order valence-electron chi connectivity index (χ3n) is 7.18. The number of anilines is 1. The average molecular weight is 412 g/mol. The molecule has 4 rings (SSSR count). The van der Waals surface area contributed by atoms with Gasteiger partial charge in [0.1, 0.15) is 6.54 Å². The van der Waals surface area contributed by atoms with Gasteiger partial charge in [-0.25, -0.2) is 4.79 Å². The minimum atomic E-state index is -0.259. The van der Waals surface area contributed by atoms with Crippen molar-refractivity contribution in [2.75, 3.05) is 11.9 Å². The number of hydrogen-bond donors (Lipinski definition) is 1. The number of amides is 4. The van der Waals surface area contributed by atoms with Gasteiger partial charge in [-0.15, -0.1) is 0 Å². The van der Waals surface area contributed by atoms with Crippen LogP contribution in [0.1, 0.15) is 68.9 Å². The zero-order valence-electron chi connectivity index (χ0n) is 18.2. The van der Waals surface area contributed by atoms with Gasteiger partial charge in [-0.05, 0) is 62.8 Å². The van der Waals surface area contributed by atoms with E-state index in [4.69, 9.17) is 0 Å². The Morgan fingerprint density at radius 2 is 1.67 bits per heavy atom. The van der Waals surface area contributed by atoms with E-state index in [0.29, 0.717) is 0 Å². The molecule has 4 amide bonds. The van der Waals surface area contributed by atoms with Crippen molar-refractivity contribution in [2.24, 2.45) is 5.92 Å². The lowest BCUT2D eigenvalue weighted by molar-refractivity contribution is -0.144. The van der Waals surface area contributed by atoms with E-state index in [2.05, 4.69) is 5.32 Å². The minimum absolute atomic E-state index is 0.00224. The molecule has 0 radical (unpaired) electrons. The number of fused-ring (bicyclic) bond motifs is 1. The summed E-state index contributed by atoms with van der Waals surface area (Å²) in [5.41, 5.74) is 3.03. The van der Waals surface area contributed by atoms with Gasteiger partial charge in [0, 0.05) is 17.8 Å². The molecule has 1 aromatic carbocycles. The van der Waals surface area contributed by atoms with Crippen LogP contribution in [0.2, 0.25) is 0 Å². The Kier molecular flexibility index (Phi) is 6.11. The summed E-state index contributed by atoms with van der Waals surface area (Å²) >= 11 is 0. The number of carbonyl (C=O) groups is 3. The normalized spacial score (nSPS) is 25.3. The summed E-state index contributed by atoms with van der Waals surface area (Å²) in [7, 11) is 0. The van der Waals surface area contributed by atoms with Gasteiger partial charge in [-0.1, -0.05) is 38.2 Å². The standard InChI is InChI=1S/C24H33N3O3/c1-16-12-13-18(14-17(16)2)25-22(28)15-26-21-11-7-6-10-20(21)23(29)27(24(26)30)19-8-4-3-5-9-19/h12-14,19-21H,3-11,15H2,1-2H3,(H,25,28). The lowest BCUT2D eigenvalue weighted by atomic mass is 9.80. The molecule has 1 aliphatic heterocycles. The molecule has 3 fully saturated rings. The molecular formula is C24H33N3O3. The Balaban J connectivity index is 1.53. The molecule has 162 valence electrons. The number of benzene rings is 1. The molecule has 1 heterocycles. The van der Waals surface area contributed by atoms with Crippen LogP contribution in [-0.2, 0) is 9.59 Å². The Bertz CT molecular complexity index is 831. The molecule has 2 aliphatic carbocycles. The topological polar surface area (TPSA) is 69.7 Å². The lowest BCUT2D eigenvalue weighted by Gasteiger charge is -2.49. The third-order valence-corrected chi connectivity index (χ3v) is 7.18. The van der Waals surface area contributed by atoms with E-state index in [0.717, 1.165) is 62.6 Å². The van der Waals surface area contributed by atoms with Crippen LogP contribution in [0.25, 0.3) is 0 Å². The maximum absolute atomic E-state index is 13.4. The van der Waals surface area contributed by atoms with Crippen LogP contribution in [0.5, 0.6) is 0 Å². The van der Waals surface area contributed by atoms with Gasteiger partial charge >= 0.3 is 6.03 Å². The van der Waals surface area contributed by atoms with Crippen molar-refractivity contribution in [3.63, 3.8) is 0 Å². The van der Waals surface area contributed by atoms with Gasteiger partial charge in [0.05, 0.1) is 5.92 Å². The largest absolute Gasteiger partial charge is 0.327 e. The van der Waals surface area contributed by atoms with Crippen LogP contribution in [0.15, 0.2) is 18.2 Å². The van der Waals surface area contributed by atoms with Gasteiger partial charge in [0.25, 0.3) is 0 Å². The predicted molar refractivity (Wildman–Crippen MR) is 116 cm³/mol. The summed E-state index contributed by atoms with van der Waals surface area (Å²) in [6.07, 6.45) is 8.69. The lowest BCUT2D eigenvalue weighted by Crippen LogP contribution is -2.65. The summed E-state index contributed by atoms with van der Waals surface area (Å²) in [5, 5.41) is 2.94. The number of aryl methyl sites for hydroxylation is 2. The van der Waals surface area contributed by atoms with E-state index in [9.17, 15) is 14.4 Å². The Labute approximate surface area is 179 Å². The van der Waals surface area contributed by atoms with E-state index in [1.165, 1.54) is 16.9 Å². The highest BCUT2D eigenvalue weighted by molar-refractivity contribution is 6.02. The fourth-order valence-electron chi connectivity index (χ4n) is 5.36. The highest BCUT2D eigenvalue weighted by Gasteiger charge is 2.49. The molecule has 30 heavy (non-hydrogen) atoms. The first-order chi connectivity index (χ1) is 14.5. The number of nitrogens with zero attached hydrogens (tertiary/aromatic N) is 2. The molecular weight excluding hydrogens is 378 g/mol. The monoisotopic (exact) mass is 411 g/mol. The molecule has 2 atom stereocenters. The van der Waals surface area contributed by atoms with E-state index < -0.39 is 0 Å². The fourth-order valence-corrected chi connectivity index (χ4v) is 5.36. The van der Waals surface area contributed by atoms with Crippen LogP contribution < -0.4 is 5.32 Å². The molecule has 3 aliphatic rings. The summed E-state index contributed by atoms with van der Waals surface area (Å²) in [4.78, 5) is 42.7. The van der Waals surface area contributed by atoms with Crippen molar-refractivity contribution in [3.05, 3.63) is 29.3 Å². The minimum Gasteiger partial charge on any atom is -0.325 e. The quantitative estimate of drug-likeness (QED) is 0.798. The first kappa shape index (κ1) is 20.9. The van der Waals surface area contributed by atoms with E-state index in [1.54, 1.807) is 4.90 Å². The van der Waals surface area contributed by atoms with E-state index >= 15 is 0 Å². The summed E-state index contributed by atoms with van der Waals surface area (Å²) in [6, 6.07) is 5.41. The van der Waals surface area contributed by atoms with Gasteiger partial charge in [-0.2, -0.15) is 0 Å². The van der Waals surface area contributed by atoms with Gasteiger partial charge in [0.15, 0.2) is 0 Å². The van der Waals surface area contributed by atoms with Crippen molar-refractivity contribution in [2.45, 2.75) is 83.7 Å². The Morgan fingerprint density at radius 3 is 2.40 bits per heavy atom. The van der Waals surface area contributed by atoms with Gasteiger partial charge in [0.2, 0.25) is 11.8 Å². The first-order valence-corrected chi connectivity index (χ1v) is 11.5. The molecule has 2 unspecified atom stereocenters. The van der Waals surface area contributed by atoms with Crippen LogP contribution in [-0.4, -0.2) is 46.3 Å². The van der Waals surface area contributed by atoms with Crippen molar-refractivity contribution in [1.29, 1.82) is 0 Å².